The van der Waals surface area contributed by atoms with Crippen LogP contribution >= 0.6 is 0 Å². The van der Waals surface area contributed by atoms with E-state index in [0.717, 1.165) is 24.0 Å². The lowest BCUT2D eigenvalue weighted by Gasteiger charge is -2.17. The van der Waals surface area contributed by atoms with Crippen LogP contribution in [0.5, 0.6) is 0 Å². The molecule has 0 aliphatic carbocycles. The Balaban J connectivity index is 2.38. The van der Waals surface area contributed by atoms with Crippen molar-refractivity contribution in [2.24, 2.45) is 5.92 Å². The summed E-state index contributed by atoms with van der Waals surface area (Å²) in [6.45, 7) is 11.5. The predicted molar refractivity (Wildman–Crippen MR) is 45.1 cm³/mol. The van der Waals surface area contributed by atoms with E-state index in [1.54, 1.807) is 0 Å². The second-order valence-corrected chi connectivity index (χ2v) is 3.91. The highest BCUT2D eigenvalue weighted by Crippen LogP contribution is 2.32. The van der Waals surface area contributed by atoms with Gasteiger partial charge in [-0.15, -0.1) is 0 Å². The van der Waals surface area contributed by atoms with E-state index in [0.29, 0.717) is 0 Å². The Morgan fingerprint density at radius 2 is 1.40 bits per heavy atom. The topological polar surface area (TPSA) is 3.01 Å². The smallest absolute Gasteiger partial charge is 0.0227 e. The minimum atomic E-state index is 0.769. The number of hydrogen-bond acceptors (Lipinski definition) is 1. The molecule has 0 saturated carbocycles. The fraction of sp³-hybridized carbons (Fsp3) is 1.00. The van der Waals surface area contributed by atoms with Gasteiger partial charge in [-0.05, 0) is 26.7 Å². The molecule has 0 aromatic carbocycles. The van der Waals surface area contributed by atoms with E-state index in [4.69, 9.17) is 0 Å². The first kappa shape index (κ1) is 8.06. The van der Waals surface area contributed by atoms with Gasteiger partial charge >= 0.3 is 0 Å². The van der Waals surface area contributed by atoms with E-state index in [2.05, 4.69) is 39.5 Å². The van der Waals surface area contributed by atoms with Gasteiger partial charge in [0.15, 0.2) is 0 Å². The van der Waals surface area contributed by atoms with Gasteiger partial charge in [0, 0.05) is 18.1 Å². The van der Waals surface area contributed by atoms with Crippen molar-refractivity contribution in [1.82, 2.24) is 4.90 Å². The first-order chi connectivity index (χ1) is 4.55. The van der Waals surface area contributed by atoms with Gasteiger partial charge in [-0.2, -0.15) is 0 Å². The Hall–Kier alpha value is -0.0400. The van der Waals surface area contributed by atoms with E-state index in [9.17, 15) is 0 Å². The van der Waals surface area contributed by atoms with Gasteiger partial charge in [0.05, 0.1) is 0 Å². The summed E-state index contributed by atoms with van der Waals surface area (Å²) in [6.07, 6.45) is 0. The highest BCUT2D eigenvalue weighted by molar-refractivity contribution is 4.99. The summed E-state index contributed by atoms with van der Waals surface area (Å²) in [5.74, 6) is 0.799. The van der Waals surface area contributed by atoms with Crippen molar-refractivity contribution in [3.8, 4) is 0 Å². The Labute approximate surface area is 64.4 Å². The van der Waals surface area contributed by atoms with Crippen LogP contribution in [0.15, 0.2) is 0 Å². The molecule has 1 aliphatic heterocycles. The zero-order valence-electron chi connectivity index (χ0n) is 7.76. The monoisotopic (exact) mass is 141 g/mol. The first-order valence-electron chi connectivity index (χ1n) is 4.33. The average molecular weight is 141 g/mol. The molecule has 0 amide bonds. The largest absolute Gasteiger partial charge is 0.292 e. The molecule has 10 heavy (non-hydrogen) atoms. The summed E-state index contributed by atoms with van der Waals surface area (Å²) in [4.78, 5) is 2.57. The third kappa shape index (κ3) is 1.20. The second kappa shape index (κ2) is 2.54. The highest BCUT2D eigenvalue weighted by Gasteiger charge is 2.43. The van der Waals surface area contributed by atoms with Crippen LogP contribution in [0.3, 0.4) is 0 Å². The third-order valence-electron chi connectivity index (χ3n) is 2.98. The van der Waals surface area contributed by atoms with Gasteiger partial charge in [-0.1, -0.05) is 13.8 Å². The van der Waals surface area contributed by atoms with E-state index >= 15 is 0 Å². The Bertz CT molecular complexity index is 105. The van der Waals surface area contributed by atoms with Gasteiger partial charge < -0.3 is 0 Å². The molecule has 1 aliphatic rings. The van der Waals surface area contributed by atoms with Crippen molar-refractivity contribution in [2.45, 2.75) is 52.7 Å². The Morgan fingerprint density at radius 1 is 1.00 bits per heavy atom. The minimum Gasteiger partial charge on any atom is -0.292 e. The van der Waals surface area contributed by atoms with Crippen LogP contribution in [0.4, 0.5) is 0 Å². The van der Waals surface area contributed by atoms with Crippen molar-refractivity contribution < 1.29 is 0 Å². The maximum Gasteiger partial charge on any atom is 0.0227 e. The van der Waals surface area contributed by atoms with E-state index < -0.39 is 0 Å². The first-order valence-corrected chi connectivity index (χ1v) is 4.33. The standard InChI is InChI=1S/C9H19N/c1-6(2)7(3)10-8(4)9(10)5/h6-9H,1-5H3/t7-,8?,9?,10?/m0/s1. The van der Waals surface area contributed by atoms with Crippen LogP contribution in [-0.4, -0.2) is 23.0 Å². The van der Waals surface area contributed by atoms with Crippen molar-refractivity contribution in [1.29, 1.82) is 0 Å². The summed E-state index contributed by atoms with van der Waals surface area (Å²) in [7, 11) is 0. The third-order valence-corrected chi connectivity index (χ3v) is 2.98. The van der Waals surface area contributed by atoms with Crippen LogP contribution in [0.1, 0.15) is 34.6 Å². The minimum absolute atomic E-state index is 0.769. The van der Waals surface area contributed by atoms with E-state index in [-0.39, 0.29) is 0 Å². The van der Waals surface area contributed by atoms with Crippen LogP contribution in [0.25, 0.3) is 0 Å². The molecule has 1 heteroatoms. The summed E-state index contributed by atoms with van der Waals surface area (Å²) >= 11 is 0. The Kier molecular flexibility index (Phi) is 2.04. The maximum atomic E-state index is 2.57. The molecular weight excluding hydrogens is 122 g/mol. The molecule has 0 N–H and O–H groups in total. The lowest BCUT2D eigenvalue weighted by Crippen LogP contribution is -2.23. The normalized spacial score (nSPS) is 42.0. The van der Waals surface area contributed by atoms with Crippen molar-refractivity contribution in [3.05, 3.63) is 0 Å². The zero-order chi connectivity index (χ0) is 7.89. The van der Waals surface area contributed by atoms with E-state index in [1.807, 2.05) is 0 Å². The lowest BCUT2D eigenvalue weighted by atomic mass is 10.1. The number of rotatable bonds is 2. The molecule has 0 aromatic rings. The summed E-state index contributed by atoms with van der Waals surface area (Å²) in [5, 5.41) is 0. The zero-order valence-corrected chi connectivity index (χ0v) is 7.76. The molecule has 3 atom stereocenters. The molecule has 0 bridgehead atoms. The molecule has 1 heterocycles. The molecule has 60 valence electrons. The lowest BCUT2D eigenvalue weighted by molar-refractivity contribution is 0.303. The summed E-state index contributed by atoms with van der Waals surface area (Å²) < 4.78 is 0. The van der Waals surface area contributed by atoms with E-state index in [1.165, 1.54) is 0 Å². The van der Waals surface area contributed by atoms with Crippen LogP contribution in [-0.2, 0) is 0 Å². The van der Waals surface area contributed by atoms with Gasteiger partial charge in [-0.25, -0.2) is 0 Å². The van der Waals surface area contributed by atoms with Crippen molar-refractivity contribution >= 4 is 0 Å². The molecule has 0 radical (unpaired) electrons. The molecular formula is C9H19N. The highest BCUT2D eigenvalue weighted by atomic mass is 15.4. The molecule has 1 rings (SSSR count). The fourth-order valence-corrected chi connectivity index (χ4v) is 1.62. The molecule has 0 aromatic heterocycles. The fourth-order valence-electron chi connectivity index (χ4n) is 1.62. The SMILES string of the molecule is CC(C)[C@H](C)N1C(C)C1C. The van der Waals surface area contributed by atoms with Gasteiger partial charge in [0.2, 0.25) is 0 Å². The van der Waals surface area contributed by atoms with Crippen LogP contribution < -0.4 is 0 Å². The van der Waals surface area contributed by atoms with Gasteiger partial charge in [-0.3, -0.25) is 4.90 Å². The second-order valence-electron chi connectivity index (χ2n) is 3.91. The van der Waals surface area contributed by atoms with Crippen molar-refractivity contribution in [2.75, 3.05) is 0 Å². The summed E-state index contributed by atoms with van der Waals surface area (Å²) in [5.41, 5.74) is 0. The summed E-state index contributed by atoms with van der Waals surface area (Å²) in [6, 6.07) is 2.43. The molecule has 1 nitrogen and oxygen atoms in total. The Morgan fingerprint density at radius 3 is 1.50 bits per heavy atom. The van der Waals surface area contributed by atoms with Crippen LogP contribution in [0, 0.1) is 5.92 Å². The van der Waals surface area contributed by atoms with Gasteiger partial charge in [0.1, 0.15) is 0 Å². The quantitative estimate of drug-likeness (QED) is 0.532. The number of nitrogens with zero attached hydrogens (tertiary/aromatic N) is 1. The number of hydrogen-bond donors (Lipinski definition) is 0. The predicted octanol–water partition coefficient (Wildman–Crippen LogP) is 2.12. The molecule has 2 unspecified atom stereocenters. The van der Waals surface area contributed by atoms with Crippen LogP contribution in [0.2, 0.25) is 0 Å². The molecule has 1 fully saturated rings. The maximum absolute atomic E-state index is 2.57. The molecule has 0 spiro atoms. The average Bonchev–Trinajstić information content (AvgIpc) is 2.40. The molecule has 1 saturated heterocycles. The van der Waals surface area contributed by atoms with Crippen molar-refractivity contribution in [3.63, 3.8) is 0 Å². The van der Waals surface area contributed by atoms with Gasteiger partial charge in [0.25, 0.3) is 0 Å².